The van der Waals surface area contributed by atoms with Gasteiger partial charge in [0.25, 0.3) is 0 Å². The Kier molecular flexibility index (Phi) is 5.81. The molecule has 0 spiro atoms. The maximum atomic E-state index is 5.96. The van der Waals surface area contributed by atoms with E-state index in [1.54, 1.807) is 0 Å². The van der Waals surface area contributed by atoms with Crippen molar-refractivity contribution < 1.29 is 0 Å². The van der Waals surface area contributed by atoms with Crippen molar-refractivity contribution in [3.8, 4) is 0 Å². The first-order chi connectivity index (χ1) is 7.59. The number of hydrogen-bond donors (Lipinski definition) is 1. The zero-order chi connectivity index (χ0) is 12.0. The van der Waals surface area contributed by atoms with Gasteiger partial charge in [-0.1, -0.05) is 23.7 Å². The number of nitrogens with one attached hydrogen (secondary N) is 1. The van der Waals surface area contributed by atoms with Gasteiger partial charge >= 0.3 is 0 Å². The summed E-state index contributed by atoms with van der Waals surface area (Å²) in [6, 6.07) is 8.39. The Morgan fingerprint density at radius 3 is 2.75 bits per heavy atom. The van der Waals surface area contributed by atoms with Crippen LogP contribution in [0.2, 0.25) is 5.02 Å². The molecule has 1 aromatic rings. The second kappa shape index (κ2) is 6.89. The molecule has 0 radical (unpaired) electrons. The molecule has 1 rings (SSSR count). The first kappa shape index (κ1) is 13.5. The summed E-state index contributed by atoms with van der Waals surface area (Å²) in [6.45, 7) is 4.32. The highest BCUT2D eigenvalue weighted by atomic mass is 35.5. The Hall–Kier alpha value is -0.570. The SMILES string of the molecule is C[C@H](NCCCN(C)C)c1cccc(Cl)c1. The van der Waals surface area contributed by atoms with E-state index in [1.165, 1.54) is 5.56 Å². The molecule has 0 aliphatic heterocycles. The van der Waals surface area contributed by atoms with Crippen LogP contribution in [0.1, 0.15) is 24.9 Å². The van der Waals surface area contributed by atoms with E-state index in [2.05, 4.69) is 37.3 Å². The molecule has 0 fully saturated rings. The van der Waals surface area contributed by atoms with Crippen LogP contribution in [0.15, 0.2) is 24.3 Å². The minimum atomic E-state index is 0.362. The summed E-state index contributed by atoms with van der Waals surface area (Å²) < 4.78 is 0. The van der Waals surface area contributed by atoms with Gasteiger partial charge in [0, 0.05) is 11.1 Å². The maximum Gasteiger partial charge on any atom is 0.0409 e. The zero-order valence-corrected chi connectivity index (χ0v) is 11.1. The van der Waals surface area contributed by atoms with Gasteiger partial charge in [-0.15, -0.1) is 0 Å². The van der Waals surface area contributed by atoms with E-state index in [0.29, 0.717) is 6.04 Å². The van der Waals surface area contributed by atoms with E-state index in [9.17, 15) is 0 Å². The first-order valence-electron chi connectivity index (χ1n) is 5.73. The number of halogens is 1. The summed E-state index contributed by atoms with van der Waals surface area (Å²) in [4.78, 5) is 2.20. The molecule has 0 saturated heterocycles. The van der Waals surface area contributed by atoms with E-state index in [0.717, 1.165) is 24.5 Å². The lowest BCUT2D eigenvalue weighted by molar-refractivity contribution is 0.389. The molecule has 0 aliphatic carbocycles. The molecule has 16 heavy (non-hydrogen) atoms. The molecule has 0 bridgehead atoms. The highest BCUT2D eigenvalue weighted by Crippen LogP contribution is 2.16. The number of rotatable bonds is 6. The first-order valence-corrected chi connectivity index (χ1v) is 6.11. The maximum absolute atomic E-state index is 5.96. The van der Waals surface area contributed by atoms with Crippen LogP contribution in [-0.2, 0) is 0 Å². The van der Waals surface area contributed by atoms with Crippen molar-refractivity contribution >= 4 is 11.6 Å². The normalized spacial score (nSPS) is 13.1. The standard InChI is InChI=1S/C13H21ClN2/c1-11(15-8-5-9-16(2)3)12-6-4-7-13(14)10-12/h4,6-7,10-11,15H,5,8-9H2,1-3H3/t11-/m0/s1. The summed E-state index contributed by atoms with van der Waals surface area (Å²) in [7, 11) is 4.20. The molecule has 0 unspecified atom stereocenters. The minimum absolute atomic E-state index is 0.362. The summed E-state index contributed by atoms with van der Waals surface area (Å²) >= 11 is 5.96. The topological polar surface area (TPSA) is 15.3 Å². The van der Waals surface area contributed by atoms with Crippen molar-refractivity contribution in [2.45, 2.75) is 19.4 Å². The molecular weight excluding hydrogens is 220 g/mol. The molecule has 0 heterocycles. The molecule has 1 atom stereocenters. The predicted molar refractivity (Wildman–Crippen MR) is 71.0 cm³/mol. The van der Waals surface area contributed by atoms with Crippen molar-refractivity contribution in [3.05, 3.63) is 34.9 Å². The Labute approximate surface area is 104 Å². The molecule has 0 saturated carbocycles. The molecule has 3 heteroatoms. The Morgan fingerprint density at radius 2 is 2.12 bits per heavy atom. The van der Waals surface area contributed by atoms with E-state index in [4.69, 9.17) is 11.6 Å². The van der Waals surface area contributed by atoms with Gasteiger partial charge in [-0.2, -0.15) is 0 Å². The third kappa shape index (κ3) is 4.97. The molecular formula is C13H21ClN2. The summed E-state index contributed by atoms with van der Waals surface area (Å²) in [6.07, 6.45) is 1.16. The molecule has 90 valence electrons. The quantitative estimate of drug-likeness (QED) is 0.770. The van der Waals surface area contributed by atoms with Crippen LogP contribution < -0.4 is 5.32 Å². The lowest BCUT2D eigenvalue weighted by Crippen LogP contribution is -2.23. The summed E-state index contributed by atoms with van der Waals surface area (Å²) in [5.41, 5.74) is 1.25. The number of nitrogens with zero attached hydrogens (tertiary/aromatic N) is 1. The molecule has 0 amide bonds. The van der Waals surface area contributed by atoms with Gasteiger partial charge in [0.1, 0.15) is 0 Å². The third-order valence-electron chi connectivity index (χ3n) is 2.58. The summed E-state index contributed by atoms with van der Waals surface area (Å²) in [5, 5.41) is 4.30. The highest BCUT2D eigenvalue weighted by Gasteiger charge is 2.04. The molecule has 0 aliphatic rings. The fourth-order valence-electron chi connectivity index (χ4n) is 1.61. The van der Waals surface area contributed by atoms with Gasteiger partial charge in [0.15, 0.2) is 0 Å². The van der Waals surface area contributed by atoms with Crippen LogP contribution in [0.4, 0.5) is 0 Å². The average Bonchev–Trinajstić information content (AvgIpc) is 2.24. The average molecular weight is 241 g/mol. The van der Waals surface area contributed by atoms with Gasteiger partial charge in [0.05, 0.1) is 0 Å². The second-order valence-corrected chi connectivity index (χ2v) is 4.82. The van der Waals surface area contributed by atoms with Gasteiger partial charge in [0.2, 0.25) is 0 Å². The Morgan fingerprint density at radius 1 is 1.38 bits per heavy atom. The Bertz CT molecular complexity index is 313. The van der Waals surface area contributed by atoms with Gasteiger partial charge in [-0.05, 0) is 58.2 Å². The predicted octanol–water partition coefficient (Wildman–Crippen LogP) is 2.94. The lowest BCUT2D eigenvalue weighted by atomic mass is 10.1. The van der Waals surface area contributed by atoms with Crippen LogP contribution >= 0.6 is 11.6 Å². The van der Waals surface area contributed by atoms with Gasteiger partial charge in [-0.25, -0.2) is 0 Å². The number of hydrogen-bond acceptors (Lipinski definition) is 2. The second-order valence-electron chi connectivity index (χ2n) is 4.39. The molecule has 1 N–H and O–H groups in total. The van der Waals surface area contributed by atoms with E-state index in [-0.39, 0.29) is 0 Å². The third-order valence-corrected chi connectivity index (χ3v) is 2.82. The van der Waals surface area contributed by atoms with Crippen LogP contribution in [0.5, 0.6) is 0 Å². The molecule has 2 nitrogen and oxygen atoms in total. The highest BCUT2D eigenvalue weighted by molar-refractivity contribution is 6.30. The van der Waals surface area contributed by atoms with Crippen molar-refractivity contribution in [1.82, 2.24) is 10.2 Å². The Balaban J connectivity index is 2.32. The smallest absolute Gasteiger partial charge is 0.0409 e. The van der Waals surface area contributed by atoms with Crippen LogP contribution in [-0.4, -0.2) is 32.1 Å². The lowest BCUT2D eigenvalue weighted by Gasteiger charge is -2.15. The largest absolute Gasteiger partial charge is 0.310 e. The number of benzene rings is 1. The molecule has 0 aromatic heterocycles. The van der Waals surface area contributed by atoms with Crippen molar-refractivity contribution in [2.24, 2.45) is 0 Å². The van der Waals surface area contributed by atoms with E-state index >= 15 is 0 Å². The zero-order valence-electron chi connectivity index (χ0n) is 10.3. The minimum Gasteiger partial charge on any atom is -0.310 e. The van der Waals surface area contributed by atoms with Crippen LogP contribution in [0.25, 0.3) is 0 Å². The fourth-order valence-corrected chi connectivity index (χ4v) is 1.81. The fraction of sp³-hybridized carbons (Fsp3) is 0.538. The van der Waals surface area contributed by atoms with Crippen molar-refractivity contribution in [3.63, 3.8) is 0 Å². The van der Waals surface area contributed by atoms with Gasteiger partial charge < -0.3 is 10.2 Å². The van der Waals surface area contributed by atoms with Crippen molar-refractivity contribution in [2.75, 3.05) is 27.2 Å². The summed E-state index contributed by atoms with van der Waals surface area (Å²) in [5.74, 6) is 0. The van der Waals surface area contributed by atoms with E-state index < -0.39 is 0 Å². The van der Waals surface area contributed by atoms with Crippen LogP contribution in [0.3, 0.4) is 0 Å². The molecule has 1 aromatic carbocycles. The van der Waals surface area contributed by atoms with Gasteiger partial charge in [-0.3, -0.25) is 0 Å². The van der Waals surface area contributed by atoms with Crippen LogP contribution in [0, 0.1) is 0 Å². The van der Waals surface area contributed by atoms with Crippen molar-refractivity contribution in [1.29, 1.82) is 0 Å². The monoisotopic (exact) mass is 240 g/mol. The van der Waals surface area contributed by atoms with E-state index in [1.807, 2.05) is 18.2 Å².